The molecule has 0 atom stereocenters. The number of nitrogens with one attached hydrogen (secondary N) is 1. The number of nitrogens with zero attached hydrogens (tertiary/aromatic N) is 4. The van der Waals surface area contributed by atoms with E-state index >= 15 is 0 Å². The van der Waals surface area contributed by atoms with E-state index in [1.165, 1.54) is 35.6 Å². The predicted molar refractivity (Wildman–Crippen MR) is 111 cm³/mol. The van der Waals surface area contributed by atoms with E-state index in [0.717, 1.165) is 16.5 Å². The molecule has 3 aromatic rings. The van der Waals surface area contributed by atoms with Crippen LogP contribution in [0.5, 0.6) is 0 Å². The van der Waals surface area contributed by atoms with Crippen LogP contribution in [0.3, 0.4) is 0 Å². The molecule has 2 aromatic heterocycles. The topological polar surface area (TPSA) is 123 Å². The molecule has 10 heteroatoms. The number of amides is 1. The fourth-order valence-corrected chi connectivity index (χ4v) is 3.13. The highest BCUT2D eigenvalue weighted by Crippen LogP contribution is 2.27. The third kappa shape index (κ3) is 5.52. The summed E-state index contributed by atoms with van der Waals surface area (Å²) in [5.74, 6) is 0.567. The predicted octanol–water partition coefficient (Wildman–Crippen LogP) is 2.69. The largest absolute Gasteiger partial charge is 0.448 e. The van der Waals surface area contributed by atoms with Gasteiger partial charge in [-0.1, -0.05) is 24.3 Å². The Morgan fingerprint density at radius 1 is 1.23 bits per heavy atom. The van der Waals surface area contributed by atoms with Crippen LogP contribution in [0.15, 0.2) is 62.1 Å². The van der Waals surface area contributed by atoms with Crippen LogP contribution in [-0.2, 0) is 11.8 Å². The van der Waals surface area contributed by atoms with E-state index < -0.39 is 5.91 Å². The van der Waals surface area contributed by atoms with Crippen LogP contribution in [0.2, 0.25) is 0 Å². The molecule has 9 nitrogen and oxygen atoms in total. The van der Waals surface area contributed by atoms with Crippen molar-refractivity contribution in [1.29, 1.82) is 0 Å². The molecule has 0 aliphatic rings. The van der Waals surface area contributed by atoms with Crippen molar-refractivity contribution in [1.82, 2.24) is 20.2 Å². The highest BCUT2D eigenvalue weighted by molar-refractivity contribution is 7.99. The van der Waals surface area contributed by atoms with Crippen molar-refractivity contribution in [2.24, 2.45) is 12.0 Å². The number of benzene rings is 1. The minimum atomic E-state index is -0.629. The van der Waals surface area contributed by atoms with E-state index in [-0.39, 0.29) is 12.3 Å². The number of carbonyl (C=O) groups excluding carboxylic acids is 2. The van der Waals surface area contributed by atoms with Gasteiger partial charge < -0.3 is 8.98 Å². The first-order valence-electron chi connectivity index (χ1n) is 8.85. The van der Waals surface area contributed by atoms with Crippen LogP contribution in [0.25, 0.3) is 6.08 Å². The van der Waals surface area contributed by atoms with Gasteiger partial charge in [0.25, 0.3) is 5.91 Å². The van der Waals surface area contributed by atoms with E-state index in [9.17, 15) is 9.59 Å². The van der Waals surface area contributed by atoms with Gasteiger partial charge in [-0.15, -0.1) is 10.2 Å². The van der Waals surface area contributed by atoms with E-state index in [4.69, 9.17) is 9.62 Å². The second-order valence-corrected chi connectivity index (χ2v) is 7.14. The van der Waals surface area contributed by atoms with Gasteiger partial charge in [-0.3, -0.25) is 19.8 Å². The SMILES string of the molecule is Cc1nnc(Sc2ccc(C=NCC(=O)c3ccc(/C=C/C(=O)NO)cc3)o2)n1C. The first-order chi connectivity index (χ1) is 14.5. The van der Waals surface area contributed by atoms with E-state index in [1.807, 2.05) is 18.5 Å². The third-order valence-corrected chi connectivity index (χ3v) is 5.03. The summed E-state index contributed by atoms with van der Waals surface area (Å²) in [5, 5.41) is 17.9. The van der Waals surface area contributed by atoms with Gasteiger partial charge in [0, 0.05) is 18.7 Å². The molecule has 0 unspecified atom stereocenters. The summed E-state index contributed by atoms with van der Waals surface area (Å²) in [5.41, 5.74) is 2.73. The maximum absolute atomic E-state index is 12.3. The molecule has 0 saturated heterocycles. The first kappa shape index (κ1) is 21.2. The van der Waals surface area contributed by atoms with Gasteiger partial charge in [0.15, 0.2) is 16.0 Å². The molecule has 0 aliphatic heterocycles. The van der Waals surface area contributed by atoms with Gasteiger partial charge >= 0.3 is 0 Å². The molecule has 1 aromatic carbocycles. The Labute approximate surface area is 176 Å². The Morgan fingerprint density at radius 3 is 2.67 bits per heavy atom. The molecule has 154 valence electrons. The normalized spacial score (nSPS) is 11.4. The van der Waals surface area contributed by atoms with E-state index in [2.05, 4.69) is 15.2 Å². The van der Waals surface area contributed by atoms with Gasteiger partial charge in [0.2, 0.25) is 0 Å². The summed E-state index contributed by atoms with van der Waals surface area (Å²) in [6, 6.07) is 10.3. The maximum Gasteiger partial charge on any atom is 0.267 e. The number of Topliss-reactive ketones (excluding diaryl/α,β-unsaturated/α-hetero) is 1. The van der Waals surface area contributed by atoms with Gasteiger partial charge in [-0.25, -0.2) is 5.48 Å². The zero-order valence-corrected chi connectivity index (χ0v) is 17.1. The zero-order chi connectivity index (χ0) is 21.5. The molecule has 0 spiro atoms. The summed E-state index contributed by atoms with van der Waals surface area (Å²) in [6.45, 7) is 1.85. The Morgan fingerprint density at radius 2 is 2.00 bits per heavy atom. The highest BCUT2D eigenvalue weighted by atomic mass is 32.2. The van der Waals surface area contributed by atoms with Crippen molar-refractivity contribution in [3.8, 4) is 0 Å². The molecule has 0 saturated carbocycles. The summed E-state index contributed by atoms with van der Waals surface area (Å²) in [7, 11) is 1.88. The van der Waals surface area contributed by atoms with E-state index in [0.29, 0.717) is 16.4 Å². The number of hydroxylamine groups is 1. The number of aryl methyl sites for hydroxylation is 1. The van der Waals surface area contributed by atoms with Gasteiger partial charge in [0.05, 0.1) is 6.21 Å². The lowest BCUT2D eigenvalue weighted by Crippen LogP contribution is -2.14. The zero-order valence-electron chi connectivity index (χ0n) is 16.3. The third-order valence-electron chi connectivity index (χ3n) is 4.07. The molecule has 3 rings (SSSR count). The lowest BCUT2D eigenvalue weighted by molar-refractivity contribution is -0.124. The number of furan rings is 1. The summed E-state index contributed by atoms with van der Waals surface area (Å²) >= 11 is 1.35. The monoisotopic (exact) mass is 425 g/mol. The van der Waals surface area contributed by atoms with Gasteiger partial charge in [0.1, 0.15) is 18.1 Å². The molecule has 0 aliphatic carbocycles. The summed E-state index contributed by atoms with van der Waals surface area (Å²) < 4.78 is 7.54. The van der Waals surface area contributed by atoms with Crippen LogP contribution >= 0.6 is 11.8 Å². The molecule has 0 bridgehead atoms. The average molecular weight is 425 g/mol. The Balaban J connectivity index is 1.54. The molecular formula is C20H19N5O4S. The Kier molecular flexibility index (Phi) is 6.94. The molecule has 1 amide bonds. The lowest BCUT2D eigenvalue weighted by Gasteiger charge is -1.99. The Bertz CT molecular complexity index is 1100. The number of aliphatic imine (C=N–C) groups is 1. The summed E-state index contributed by atoms with van der Waals surface area (Å²) in [6.07, 6.45) is 4.21. The fourth-order valence-electron chi connectivity index (χ4n) is 2.32. The highest BCUT2D eigenvalue weighted by Gasteiger charge is 2.10. The van der Waals surface area contributed by atoms with Crippen molar-refractivity contribution in [3.63, 3.8) is 0 Å². The van der Waals surface area contributed by atoms with Crippen molar-refractivity contribution in [2.75, 3.05) is 6.54 Å². The van der Waals surface area contributed by atoms with Crippen LogP contribution in [0, 0.1) is 6.92 Å². The molecule has 2 heterocycles. The van der Waals surface area contributed by atoms with Crippen LogP contribution in [0.1, 0.15) is 27.5 Å². The molecule has 0 fully saturated rings. The average Bonchev–Trinajstić information content (AvgIpc) is 3.33. The standard InChI is InChI=1S/C20H19N5O4S/c1-13-22-23-20(25(13)2)30-19-10-8-16(29-19)11-21-12-17(26)15-6-3-14(4-7-15)5-9-18(27)24-28/h3-11,28H,12H2,1-2H3,(H,24,27)/b9-5+,21-11?. The number of hydrogen-bond donors (Lipinski definition) is 2. The smallest absolute Gasteiger partial charge is 0.267 e. The fraction of sp³-hybridized carbons (Fsp3) is 0.150. The lowest BCUT2D eigenvalue weighted by atomic mass is 10.1. The number of ketones is 1. The molecule has 2 N–H and O–H groups in total. The quantitative estimate of drug-likeness (QED) is 0.187. The summed E-state index contributed by atoms with van der Waals surface area (Å²) in [4.78, 5) is 27.4. The maximum atomic E-state index is 12.3. The van der Waals surface area contributed by atoms with Crippen LogP contribution < -0.4 is 5.48 Å². The van der Waals surface area contributed by atoms with Crippen molar-refractivity contribution in [3.05, 3.63) is 65.2 Å². The first-order valence-corrected chi connectivity index (χ1v) is 9.67. The number of hydrogen-bond acceptors (Lipinski definition) is 8. The number of carbonyl (C=O) groups is 2. The second-order valence-electron chi connectivity index (χ2n) is 6.17. The minimum absolute atomic E-state index is 0.0201. The van der Waals surface area contributed by atoms with Crippen molar-refractivity contribution in [2.45, 2.75) is 17.2 Å². The molecule has 30 heavy (non-hydrogen) atoms. The Hall–Kier alpha value is -3.50. The number of aromatic nitrogens is 3. The van der Waals surface area contributed by atoms with Gasteiger partial charge in [-0.05, 0) is 42.5 Å². The van der Waals surface area contributed by atoms with Crippen LogP contribution in [-0.4, -0.2) is 44.4 Å². The van der Waals surface area contributed by atoms with Crippen molar-refractivity contribution < 1.29 is 19.2 Å². The van der Waals surface area contributed by atoms with E-state index in [1.54, 1.807) is 36.4 Å². The van der Waals surface area contributed by atoms with Crippen molar-refractivity contribution >= 4 is 35.7 Å². The van der Waals surface area contributed by atoms with Gasteiger partial charge in [-0.2, -0.15) is 0 Å². The number of rotatable bonds is 8. The minimum Gasteiger partial charge on any atom is -0.448 e. The molecular weight excluding hydrogens is 406 g/mol. The molecule has 0 radical (unpaired) electrons. The second kappa shape index (κ2) is 9.81. The van der Waals surface area contributed by atoms with Crippen LogP contribution in [0.4, 0.5) is 0 Å².